The highest BCUT2D eigenvalue weighted by atomic mass is 32.1. The molecule has 8 heteroatoms. The van der Waals surface area contributed by atoms with Crippen molar-refractivity contribution in [2.45, 2.75) is 78.9 Å². The first kappa shape index (κ1) is 24.2. The first-order valence-corrected chi connectivity index (χ1v) is 12.0. The van der Waals surface area contributed by atoms with Crippen LogP contribution in [0.3, 0.4) is 0 Å². The van der Waals surface area contributed by atoms with Crippen molar-refractivity contribution < 1.29 is 14.3 Å². The van der Waals surface area contributed by atoms with Crippen LogP contribution in [-0.2, 0) is 9.53 Å². The summed E-state index contributed by atoms with van der Waals surface area (Å²) in [5.74, 6) is 0.731. The van der Waals surface area contributed by atoms with Crippen molar-refractivity contribution in [1.82, 2.24) is 14.7 Å². The van der Waals surface area contributed by atoms with Crippen LogP contribution in [0.25, 0.3) is 11.1 Å². The minimum Gasteiger partial charge on any atom is -0.436 e. The van der Waals surface area contributed by atoms with Crippen molar-refractivity contribution in [2.24, 2.45) is 11.8 Å². The summed E-state index contributed by atoms with van der Waals surface area (Å²) in [6, 6.07) is 3.70. The summed E-state index contributed by atoms with van der Waals surface area (Å²) in [5.41, 5.74) is 2.57. The van der Waals surface area contributed by atoms with Gasteiger partial charge in [-0.05, 0) is 77.0 Å². The summed E-state index contributed by atoms with van der Waals surface area (Å²) in [5, 5.41) is 5.64. The van der Waals surface area contributed by atoms with E-state index in [1.807, 2.05) is 40.7 Å². The second kappa shape index (κ2) is 9.98. The number of pyridine rings is 1. The zero-order valence-corrected chi connectivity index (χ0v) is 20.6. The molecule has 2 N–H and O–H groups in total. The number of ether oxygens (including phenoxy) is 1. The Kier molecular flexibility index (Phi) is 7.54. The number of carbonyl (C=O) groups excluding carboxylic acids is 2. The van der Waals surface area contributed by atoms with Crippen molar-refractivity contribution in [2.75, 3.05) is 5.32 Å². The van der Waals surface area contributed by atoms with Gasteiger partial charge in [0.2, 0.25) is 0 Å². The molecule has 1 aliphatic rings. The van der Waals surface area contributed by atoms with Gasteiger partial charge in [-0.3, -0.25) is 4.79 Å². The summed E-state index contributed by atoms with van der Waals surface area (Å²) >= 11 is 1.47. The third kappa shape index (κ3) is 6.28. The fourth-order valence-corrected chi connectivity index (χ4v) is 4.83. The highest BCUT2D eigenvalue weighted by Gasteiger charge is 2.35. The molecule has 1 unspecified atom stereocenters. The number of nitrogens with zero attached hydrogens (tertiary/aromatic N) is 2. The molecule has 2 aromatic rings. The van der Waals surface area contributed by atoms with Gasteiger partial charge in [0.05, 0.1) is 5.69 Å². The molecule has 2 aromatic heterocycles. The molecule has 0 bridgehead atoms. The van der Waals surface area contributed by atoms with E-state index >= 15 is 0 Å². The van der Waals surface area contributed by atoms with Crippen LogP contribution in [0, 0.1) is 25.7 Å². The molecule has 7 nitrogen and oxygen atoms in total. The topological polar surface area (TPSA) is 93.2 Å². The lowest BCUT2D eigenvalue weighted by Gasteiger charge is -2.32. The number of rotatable bonds is 5. The van der Waals surface area contributed by atoms with Gasteiger partial charge < -0.3 is 15.4 Å². The number of anilines is 1. The lowest BCUT2D eigenvalue weighted by atomic mass is 9.80. The smallest absolute Gasteiger partial charge is 0.408 e. The quantitative estimate of drug-likeness (QED) is 0.619. The first-order valence-electron chi connectivity index (χ1n) is 11.2. The van der Waals surface area contributed by atoms with Gasteiger partial charge >= 0.3 is 6.09 Å². The van der Waals surface area contributed by atoms with Crippen molar-refractivity contribution in [3.8, 4) is 11.1 Å². The van der Waals surface area contributed by atoms with E-state index in [0.717, 1.165) is 47.4 Å². The summed E-state index contributed by atoms with van der Waals surface area (Å²) in [6.07, 6.45) is 4.09. The second-order valence-corrected chi connectivity index (χ2v) is 10.8. The molecule has 32 heavy (non-hydrogen) atoms. The third-order valence-corrected chi connectivity index (χ3v) is 6.64. The van der Waals surface area contributed by atoms with Gasteiger partial charge in [0, 0.05) is 33.7 Å². The summed E-state index contributed by atoms with van der Waals surface area (Å²) in [4.78, 5) is 31.1. The highest BCUT2D eigenvalue weighted by Crippen LogP contribution is 2.33. The lowest BCUT2D eigenvalue weighted by Crippen LogP contribution is -2.47. The SMILES string of the molecule is Cc1nsc(C)c1-c1ccc(NC(=O)C(OC(=O)NC(C)(C)C)C2CCC(C)CC2)nc1. The molecular weight excluding hydrogens is 424 g/mol. The second-order valence-electron chi connectivity index (χ2n) is 9.84. The number of aryl methyl sites for hydroxylation is 2. The van der Waals surface area contributed by atoms with Gasteiger partial charge in [-0.25, -0.2) is 9.78 Å². The number of hydrogen-bond donors (Lipinski definition) is 2. The van der Waals surface area contributed by atoms with Gasteiger partial charge in [0.25, 0.3) is 5.91 Å². The van der Waals surface area contributed by atoms with Crippen LogP contribution < -0.4 is 10.6 Å². The molecule has 1 saturated carbocycles. The maximum atomic E-state index is 13.2. The largest absolute Gasteiger partial charge is 0.436 e. The number of hydrogen-bond acceptors (Lipinski definition) is 6. The van der Waals surface area contributed by atoms with E-state index < -0.39 is 17.7 Å². The fourth-order valence-electron chi connectivity index (χ4n) is 4.11. The molecule has 1 atom stereocenters. The molecular formula is C24H34N4O3S. The van der Waals surface area contributed by atoms with Gasteiger partial charge in [0.1, 0.15) is 5.82 Å². The third-order valence-electron chi connectivity index (χ3n) is 5.79. The molecule has 1 fully saturated rings. The molecule has 0 aliphatic heterocycles. The molecule has 0 spiro atoms. The average molecular weight is 459 g/mol. The van der Waals surface area contributed by atoms with E-state index in [1.165, 1.54) is 11.5 Å². The summed E-state index contributed by atoms with van der Waals surface area (Å²) in [6.45, 7) is 11.9. The van der Waals surface area contributed by atoms with Gasteiger partial charge in [-0.15, -0.1) is 0 Å². The molecule has 0 aromatic carbocycles. The van der Waals surface area contributed by atoms with Gasteiger partial charge in [-0.1, -0.05) is 19.8 Å². The highest BCUT2D eigenvalue weighted by molar-refractivity contribution is 7.06. The molecule has 2 heterocycles. The van der Waals surface area contributed by atoms with E-state index in [1.54, 1.807) is 12.3 Å². The Bertz CT molecular complexity index is 922. The number of amides is 2. The monoisotopic (exact) mass is 458 g/mol. The number of nitrogens with one attached hydrogen (secondary N) is 2. The van der Waals surface area contributed by atoms with Gasteiger partial charge in [-0.2, -0.15) is 4.37 Å². The molecule has 3 rings (SSSR count). The van der Waals surface area contributed by atoms with Crippen LogP contribution in [0.1, 0.15) is 63.9 Å². The van der Waals surface area contributed by atoms with Crippen LogP contribution in [-0.4, -0.2) is 33.0 Å². The van der Waals surface area contributed by atoms with Crippen molar-refractivity contribution in [3.05, 3.63) is 28.9 Å². The zero-order valence-electron chi connectivity index (χ0n) is 19.8. The van der Waals surface area contributed by atoms with E-state index in [9.17, 15) is 9.59 Å². The Morgan fingerprint density at radius 1 is 1.16 bits per heavy atom. The Morgan fingerprint density at radius 2 is 1.84 bits per heavy atom. The van der Waals surface area contributed by atoms with E-state index in [2.05, 4.69) is 26.9 Å². The normalized spacial score (nSPS) is 19.8. The van der Waals surface area contributed by atoms with Crippen LogP contribution in [0.15, 0.2) is 18.3 Å². The van der Waals surface area contributed by atoms with Crippen LogP contribution in [0.5, 0.6) is 0 Å². The minimum atomic E-state index is -0.850. The zero-order chi connectivity index (χ0) is 23.5. The predicted octanol–water partition coefficient (Wildman–Crippen LogP) is 5.48. The van der Waals surface area contributed by atoms with E-state index in [0.29, 0.717) is 11.7 Å². The molecule has 2 amide bonds. The Labute approximate surface area is 194 Å². The standard InChI is InChI=1S/C24H34N4O3S/c1-14-7-9-17(10-8-14)21(31-23(30)27-24(4,5)6)22(29)26-19-12-11-18(13-25-19)20-15(2)28-32-16(20)3/h11-14,17,21H,7-10H2,1-6H3,(H,27,30)(H,25,26,29). The average Bonchev–Trinajstić information content (AvgIpc) is 3.04. The number of alkyl carbamates (subject to hydrolysis) is 1. The van der Waals surface area contributed by atoms with Crippen molar-refractivity contribution >= 4 is 29.4 Å². The first-order chi connectivity index (χ1) is 15.0. The molecule has 0 radical (unpaired) electrons. The van der Waals surface area contributed by atoms with E-state index in [-0.39, 0.29) is 11.8 Å². The fraction of sp³-hybridized carbons (Fsp3) is 0.583. The number of aromatic nitrogens is 2. The molecule has 174 valence electrons. The van der Waals surface area contributed by atoms with E-state index in [4.69, 9.17) is 4.74 Å². The van der Waals surface area contributed by atoms with Crippen molar-refractivity contribution in [1.29, 1.82) is 0 Å². The maximum absolute atomic E-state index is 13.2. The summed E-state index contributed by atoms with van der Waals surface area (Å²) in [7, 11) is 0. The van der Waals surface area contributed by atoms with Crippen LogP contribution in [0.4, 0.5) is 10.6 Å². The van der Waals surface area contributed by atoms with Crippen LogP contribution in [0.2, 0.25) is 0 Å². The predicted molar refractivity (Wildman–Crippen MR) is 128 cm³/mol. The van der Waals surface area contributed by atoms with Gasteiger partial charge in [0.15, 0.2) is 6.10 Å². The summed E-state index contributed by atoms with van der Waals surface area (Å²) < 4.78 is 10.0. The maximum Gasteiger partial charge on any atom is 0.408 e. The minimum absolute atomic E-state index is 0.00151. The molecule has 0 saturated heterocycles. The molecule has 1 aliphatic carbocycles. The van der Waals surface area contributed by atoms with Crippen molar-refractivity contribution in [3.63, 3.8) is 0 Å². The number of carbonyl (C=O) groups is 2. The Morgan fingerprint density at radius 3 is 2.38 bits per heavy atom. The Balaban J connectivity index is 1.73. The lowest BCUT2D eigenvalue weighted by molar-refractivity contribution is -0.128. The van der Waals surface area contributed by atoms with Crippen LogP contribution >= 0.6 is 11.5 Å². The Hall–Kier alpha value is -2.48.